The van der Waals surface area contributed by atoms with Gasteiger partial charge in [-0.05, 0) is 6.92 Å². The van der Waals surface area contributed by atoms with Crippen LogP contribution in [0.4, 0.5) is 0 Å². The molecule has 0 bridgehead atoms. The van der Waals surface area contributed by atoms with Crippen LogP contribution in [0.2, 0.25) is 0 Å². The zero-order valence-electron chi connectivity index (χ0n) is 3.30. The lowest BCUT2D eigenvalue weighted by atomic mass is 10.8. The normalized spacial score (nSPS) is 44.8. The van der Waals surface area contributed by atoms with E-state index >= 15 is 0 Å². The van der Waals surface area contributed by atoms with E-state index < -0.39 is 8.25 Å². The van der Waals surface area contributed by atoms with Crippen molar-refractivity contribution in [3.63, 3.8) is 0 Å². The van der Waals surface area contributed by atoms with Crippen LogP contribution in [0.15, 0.2) is 0 Å². The number of hydrogen-bond acceptors (Lipinski definition) is 3. The van der Waals surface area contributed by atoms with Crippen LogP contribution >= 0.6 is 8.25 Å². The molecule has 0 unspecified atom stereocenters. The molecule has 3 nitrogen and oxygen atoms in total. The molecule has 1 saturated heterocycles. The molecule has 0 spiro atoms. The topological polar surface area (TPSA) is 35.5 Å². The smallest absolute Gasteiger partial charge is 0.280 e. The Hall–Kier alpha value is 0.150. The zero-order valence-corrected chi connectivity index (χ0v) is 4.30. The van der Waals surface area contributed by atoms with Crippen molar-refractivity contribution in [3.05, 3.63) is 0 Å². The summed E-state index contributed by atoms with van der Waals surface area (Å²) >= 11 is 0. The van der Waals surface area contributed by atoms with E-state index in [4.69, 9.17) is 0 Å². The van der Waals surface area contributed by atoms with Crippen LogP contribution in [-0.2, 0) is 13.6 Å². The first-order valence-corrected chi connectivity index (χ1v) is 2.89. The molecule has 0 atom stereocenters. The predicted octanol–water partition coefficient (Wildman–Crippen LogP) is 0.769. The first-order valence-electron chi connectivity index (χ1n) is 1.66. The van der Waals surface area contributed by atoms with Crippen molar-refractivity contribution in [2.45, 2.75) is 13.2 Å². The van der Waals surface area contributed by atoms with Crippen molar-refractivity contribution in [2.75, 3.05) is 0 Å². The molecule has 1 fully saturated rings. The van der Waals surface area contributed by atoms with Gasteiger partial charge in [-0.2, -0.15) is 0 Å². The molecule has 1 rings (SSSR count). The maximum atomic E-state index is 9.85. The fraction of sp³-hybridized carbons (Fsp3) is 1.00. The van der Waals surface area contributed by atoms with Gasteiger partial charge >= 0.3 is 8.25 Å². The van der Waals surface area contributed by atoms with Gasteiger partial charge < -0.3 is 0 Å². The summed E-state index contributed by atoms with van der Waals surface area (Å²) < 4.78 is 18.8. The highest BCUT2D eigenvalue weighted by atomic mass is 31.1. The summed E-state index contributed by atoms with van der Waals surface area (Å²) in [6, 6.07) is 0. The average Bonchev–Trinajstić information content (AvgIpc) is 1.33. The highest BCUT2D eigenvalue weighted by molar-refractivity contribution is 7.34. The molecule has 0 aromatic heterocycles. The second kappa shape index (κ2) is 1.34. The third kappa shape index (κ3) is 0.620. The Morgan fingerprint density at radius 2 is 2.17 bits per heavy atom. The van der Waals surface area contributed by atoms with Gasteiger partial charge in [0, 0.05) is 0 Å². The zero-order chi connectivity index (χ0) is 4.57. The van der Waals surface area contributed by atoms with Crippen molar-refractivity contribution in [1.82, 2.24) is 0 Å². The van der Waals surface area contributed by atoms with Crippen molar-refractivity contribution in [2.24, 2.45) is 0 Å². The van der Waals surface area contributed by atoms with E-state index in [0.29, 0.717) is 0 Å². The third-order valence-electron chi connectivity index (χ3n) is 0.524. The largest absolute Gasteiger partial charge is 0.323 e. The monoisotopic (exact) mass is 108 g/mol. The van der Waals surface area contributed by atoms with Crippen LogP contribution in [0.25, 0.3) is 0 Å². The summed E-state index contributed by atoms with van der Waals surface area (Å²) in [6.07, 6.45) is -0.226. The fourth-order valence-corrected chi connectivity index (χ4v) is 0.840. The maximum absolute atomic E-state index is 9.85. The van der Waals surface area contributed by atoms with E-state index in [2.05, 4.69) is 9.05 Å². The second-order valence-corrected chi connectivity index (χ2v) is 2.02. The second-order valence-electron chi connectivity index (χ2n) is 1.05. The summed E-state index contributed by atoms with van der Waals surface area (Å²) in [6.45, 7) is 1.70. The van der Waals surface area contributed by atoms with Crippen molar-refractivity contribution < 1.29 is 13.6 Å². The summed E-state index contributed by atoms with van der Waals surface area (Å²) in [4.78, 5) is 0. The lowest BCUT2D eigenvalue weighted by molar-refractivity contribution is -0.0618. The van der Waals surface area contributed by atoms with Crippen LogP contribution < -0.4 is 0 Å². The fourth-order valence-electron chi connectivity index (χ4n) is 0.280. The summed E-state index contributed by atoms with van der Waals surface area (Å²) in [5.41, 5.74) is 0. The molecule has 0 aromatic rings. The van der Waals surface area contributed by atoms with E-state index in [9.17, 15) is 4.57 Å². The Bertz CT molecular complexity index is 72.9. The highest BCUT2D eigenvalue weighted by Gasteiger charge is 2.20. The third-order valence-corrected chi connectivity index (χ3v) is 1.57. The van der Waals surface area contributed by atoms with E-state index in [1.54, 1.807) is 6.92 Å². The highest BCUT2D eigenvalue weighted by Crippen LogP contribution is 2.38. The molecule has 1 aliphatic heterocycles. The Balaban J connectivity index is 2.28. The van der Waals surface area contributed by atoms with Crippen LogP contribution in [0.3, 0.4) is 0 Å². The molecule has 1 heterocycles. The number of hydrogen-bond donors (Lipinski definition) is 0. The van der Waals surface area contributed by atoms with Gasteiger partial charge in [0.1, 0.15) is 0 Å². The molecule has 0 N–H and O–H groups in total. The van der Waals surface area contributed by atoms with E-state index in [1.165, 1.54) is 0 Å². The molecular weight excluding hydrogens is 103 g/mol. The van der Waals surface area contributed by atoms with E-state index in [0.717, 1.165) is 0 Å². The molecule has 0 aromatic carbocycles. The van der Waals surface area contributed by atoms with Crippen molar-refractivity contribution >= 4 is 8.25 Å². The Morgan fingerprint density at radius 3 is 2.17 bits per heavy atom. The minimum Gasteiger partial charge on any atom is -0.280 e. The van der Waals surface area contributed by atoms with Gasteiger partial charge in [0.25, 0.3) is 0 Å². The van der Waals surface area contributed by atoms with E-state index in [1.807, 2.05) is 0 Å². The van der Waals surface area contributed by atoms with E-state index in [-0.39, 0.29) is 6.29 Å². The van der Waals surface area contributed by atoms with Crippen LogP contribution in [0.1, 0.15) is 6.92 Å². The SMILES string of the molecule is CC1O[PH](=O)O1. The molecule has 0 saturated carbocycles. The predicted molar refractivity (Wildman–Crippen MR) is 20.6 cm³/mol. The van der Waals surface area contributed by atoms with Gasteiger partial charge in [-0.3, -0.25) is 13.6 Å². The van der Waals surface area contributed by atoms with Crippen LogP contribution in [0, 0.1) is 0 Å². The van der Waals surface area contributed by atoms with Gasteiger partial charge in [0.15, 0.2) is 6.29 Å². The Morgan fingerprint density at radius 1 is 1.67 bits per heavy atom. The minimum atomic E-state index is -1.99. The molecular formula is C2H5O3P. The van der Waals surface area contributed by atoms with Crippen LogP contribution in [-0.4, -0.2) is 6.29 Å². The first kappa shape index (κ1) is 4.31. The Labute approximate surface area is 36.2 Å². The molecule has 6 heavy (non-hydrogen) atoms. The lowest BCUT2D eigenvalue weighted by Crippen LogP contribution is -2.13. The summed E-state index contributed by atoms with van der Waals surface area (Å²) in [7, 11) is -1.99. The van der Waals surface area contributed by atoms with Crippen molar-refractivity contribution in [3.8, 4) is 0 Å². The standard InChI is InChI=1S/C2H5O3P/c1-2-4-6(3)5-2/h2,6H,1H3. The lowest BCUT2D eigenvalue weighted by Gasteiger charge is -2.20. The van der Waals surface area contributed by atoms with Gasteiger partial charge in [0.05, 0.1) is 0 Å². The molecule has 0 amide bonds. The van der Waals surface area contributed by atoms with Crippen LogP contribution in [0.5, 0.6) is 0 Å². The average molecular weight is 108 g/mol. The first-order chi connectivity index (χ1) is 2.79. The quantitative estimate of drug-likeness (QED) is 0.430. The van der Waals surface area contributed by atoms with Gasteiger partial charge in [-0.15, -0.1) is 0 Å². The molecule has 4 heteroatoms. The van der Waals surface area contributed by atoms with Gasteiger partial charge in [0.2, 0.25) is 0 Å². The molecule has 0 aliphatic carbocycles. The van der Waals surface area contributed by atoms with Crippen molar-refractivity contribution in [1.29, 1.82) is 0 Å². The molecule has 36 valence electrons. The van der Waals surface area contributed by atoms with Gasteiger partial charge in [-0.1, -0.05) is 0 Å². The minimum absolute atomic E-state index is 0.226. The summed E-state index contributed by atoms with van der Waals surface area (Å²) in [5, 5.41) is 0. The number of rotatable bonds is 0. The molecule has 0 radical (unpaired) electrons. The molecule has 1 aliphatic rings. The van der Waals surface area contributed by atoms with Gasteiger partial charge in [-0.25, -0.2) is 0 Å². The Kier molecular flexibility index (Phi) is 0.960. The summed E-state index contributed by atoms with van der Waals surface area (Å²) in [5.74, 6) is 0. The maximum Gasteiger partial charge on any atom is 0.323 e.